The first-order valence-electron chi connectivity index (χ1n) is 6.44. The van der Waals surface area contributed by atoms with E-state index in [0.29, 0.717) is 13.0 Å². The van der Waals surface area contributed by atoms with Crippen LogP contribution in [0.2, 0.25) is 0 Å². The van der Waals surface area contributed by atoms with Crippen LogP contribution in [0.3, 0.4) is 0 Å². The van der Waals surface area contributed by atoms with Gasteiger partial charge in [-0.2, -0.15) is 0 Å². The Morgan fingerprint density at radius 2 is 2.15 bits per heavy atom. The van der Waals surface area contributed by atoms with Crippen molar-refractivity contribution >= 4 is 18.0 Å². The van der Waals surface area contributed by atoms with Gasteiger partial charge in [0.2, 0.25) is 0 Å². The SMILES string of the molecule is CCCN(CC(=O)OC)C(=O)N1CCOCC1C(=O)O. The van der Waals surface area contributed by atoms with Crippen LogP contribution < -0.4 is 0 Å². The van der Waals surface area contributed by atoms with Crippen molar-refractivity contribution in [3.05, 3.63) is 0 Å². The predicted octanol–water partition coefficient (Wildman–Crippen LogP) is -0.223. The van der Waals surface area contributed by atoms with Crippen LogP contribution in [0.4, 0.5) is 4.79 Å². The van der Waals surface area contributed by atoms with Gasteiger partial charge in [0.15, 0.2) is 6.04 Å². The zero-order valence-corrected chi connectivity index (χ0v) is 11.7. The molecule has 1 rings (SSSR count). The number of ether oxygens (including phenoxy) is 2. The highest BCUT2D eigenvalue weighted by Crippen LogP contribution is 2.11. The van der Waals surface area contributed by atoms with Gasteiger partial charge in [-0.1, -0.05) is 6.92 Å². The Labute approximate surface area is 117 Å². The molecule has 8 heteroatoms. The lowest BCUT2D eigenvalue weighted by Crippen LogP contribution is -2.57. The molecule has 1 atom stereocenters. The smallest absolute Gasteiger partial charge is 0.328 e. The monoisotopic (exact) mass is 288 g/mol. The molecule has 1 heterocycles. The number of methoxy groups -OCH3 is 1. The van der Waals surface area contributed by atoms with E-state index in [4.69, 9.17) is 9.84 Å². The van der Waals surface area contributed by atoms with Crippen molar-refractivity contribution < 1.29 is 29.0 Å². The van der Waals surface area contributed by atoms with Crippen LogP contribution in [-0.4, -0.2) is 78.9 Å². The number of carboxylic acid groups (broad SMARTS) is 1. The molecule has 8 nitrogen and oxygen atoms in total. The van der Waals surface area contributed by atoms with Crippen molar-refractivity contribution in [1.29, 1.82) is 0 Å². The summed E-state index contributed by atoms with van der Waals surface area (Å²) >= 11 is 0. The normalized spacial score (nSPS) is 18.5. The minimum atomic E-state index is -1.12. The lowest BCUT2D eigenvalue weighted by Gasteiger charge is -2.36. The largest absolute Gasteiger partial charge is 0.480 e. The molecule has 1 fully saturated rings. The number of carbonyl (C=O) groups is 3. The molecule has 0 radical (unpaired) electrons. The summed E-state index contributed by atoms with van der Waals surface area (Å²) in [7, 11) is 1.24. The van der Waals surface area contributed by atoms with Gasteiger partial charge in [-0.25, -0.2) is 9.59 Å². The maximum atomic E-state index is 12.4. The zero-order valence-electron chi connectivity index (χ0n) is 11.7. The Kier molecular flexibility index (Phi) is 6.23. The molecule has 0 aromatic carbocycles. The Balaban J connectivity index is 2.80. The minimum Gasteiger partial charge on any atom is -0.480 e. The van der Waals surface area contributed by atoms with E-state index in [1.807, 2.05) is 6.92 Å². The number of hydrogen-bond donors (Lipinski definition) is 1. The van der Waals surface area contributed by atoms with Gasteiger partial charge in [0.1, 0.15) is 6.54 Å². The van der Waals surface area contributed by atoms with E-state index >= 15 is 0 Å². The van der Waals surface area contributed by atoms with E-state index in [1.165, 1.54) is 16.9 Å². The summed E-state index contributed by atoms with van der Waals surface area (Å²) in [5.74, 6) is -1.65. The number of amides is 2. The van der Waals surface area contributed by atoms with Gasteiger partial charge < -0.3 is 24.4 Å². The molecule has 0 aliphatic carbocycles. The maximum Gasteiger partial charge on any atom is 0.328 e. The van der Waals surface area contributed by atoms with Gasteiger partial charge in [0.05, 0.1) is 20.3 Å². The van der Waals surface area contributed by atoms with Gasteiger partial charge in [0.25, 0.3) is 0 Å². The molecule has 0 aromatic heterocycles. The van der Waals surface area contributed by atoms with E-state index < -0.39 is 24.0 Å². The number of hydrogen-bond acceptors (Lipinski definition) is 5. The highest BCUT2D eigenvalue weighted by Gasteiger charge is 2.35. The maximum absolute atomic E-state index is 12.4. The average Bonchev–Trinajstić information content (AvgIpc) is 2.45. The fraction of sp³-hybridized carbons (Fsp3) is 0.750. The zero-order chi connectivity index (χ0) is 15.1. The van der Waals surface area contributed by atoms with Gasteiger partial charge in [0, 0.05) is 13.1 Å². The molecule has 1 N–H and O–H groups in total. The highest BCUT2D eigenvalue weighted by molar-refractivity contribution is 5.85. The molecule has 0 bridgehead atoms. The predicted molar refractivity (Wildman–Crippen MR) is 68.2 cm³/mol. The third-order valence-electron chi connectivity index (χ3n) is 2.97. The van der Waals surface area contributed by atoms with Crippen LogP contribution in [0, 0.1) is 0 Å². The molecular formula is C12H20N2O6. The molecule has 0 aromatic rings. The molecule has 114 valence electrons. The second-order valence-electron chi connectivity index (χ2n) is 4.40. The van der Waals surface area contributed by atoms with Gasteiger partial charge in [-0.3, -0.25) is 4.79 Å². The Hall–Kier alpha value is -1.83. The van der Waals surface area contributed by atoms with E-state index in [2.05, 4.69) is 4.74 Å². The molecule has 1 saturated heterocycles. The van der Waals surface area contributed by atoms with Gasteiger partial charge in [-0.15, -0.1) is 0 Å². The number of urea groups is 1. The first kappa shape index (κ1) is 16.2. The van der Waals surface area contributed by atoms with Crippen LogP contribution in [0.15, 0.2) is 0 Å². The third-order valence-corrected chi connectivity index (χ3v) is 2.97. The van der Waals surface area contributed by atoms with Crippen LogP contribution in [0.5, 0.6) is 0 Å². The number of carbonyl (C=O) groups excluding carboxylic acids is 2. The minimum absolute atomic E-state index is 0.0424. The van der Waals surface area contributed by atoms with Crippen molar-refractivity contribution in [3.8, 4) is 0 Å². The number of rotatable bonds is 5. The van der Waals surface area contributed by atoms with Crippen LogP contribution >= 0.6 is 0 Å². The summed E-state index contributed by atoms with van der Waals surface area (Å²) in [6.07, 6.45) is 0.658. The van der Waals surface area contributed by atoms with Crippen molar-refractivity contribution in [3.63, 3.8) is 0 Å². The lowest BCUT2D eigenvalue weighted by atomic mass is 10.2. The van der Waals surface area contributed by atoms with Gasteiger partial charge >= 0.3 is 18.0 Å². The highest BCUT2D eigenvalue weighted by atomic mass is 16.5. The van der Waals surface area contributed by atoms with Crippen molar-refractivity contribution in [2.75, 3.05) is 40.0 Å². The molecule has 1 unspecified atom stereocenters. The molecule has 0 spiro atoms. The third kappa shape index (κ3) is 4.09. The van der Waals surface area contributed by atoms with Crippen LogP contribution in [0.1, 0.15) is 13.3 Å². The standard InChI is InChI=1S/C12H20N2O6/c1-3-4-13(7-10(15)19-2)12(18)14-5-6-20-8-9(14)11(16)17/h9H,3-8H2,1-2H3,(H,16,17). The van der Waals surface area contributed by atoms with Crippen molar-refractivity contribution in [2.24, 2.45) is 0 Å². The van der Waals surface area contributed by atoms with E-state index in [9.17, 15) is 14.4 Å². The summed E-state index contributed by atoms with van der Waals surface area (Å²) in [5.41, 5.74) is 0. The summed E-state index contributed by atoms with van der Waals surface area (Å²) < 4.78 is 9.63. The first-order valence-corrected chi connectivity index (χ1v) is 6.44. The Bertz CT molecular complexity index is 373. The fourth-order valence-electron chi connectivity index (χ4n) is 1.95. The molecule has 0 saturated carbocycles. The number of esters is 1. The lowest BCUT2D eigenvalue weighted by molar-refractivity contribution is -0.147. The summed E-state index contributed by atoms with van der Waals surface area (Å²) in [6, 6.07) is -1.50. The molecule has 20 heavy (non-hydrogen) atoms. The first-order chi connectivity index (χ1) is 9.51. The van der Waals surface area contributed by atoms with Crippen molar-refractivity contribution in [2.45, 2.75) is 19.4 Å². The number of aliphatic carboxylic acids is 1. The van der Waals surface area contributed by atoms with Crippen molar-refractivity contribution in [1.82, 2.24) is 9.80 Å². The van der Waals surface area contributed by atoms with E-state index in [0.717, 1.165) is 0 Å². The van der Waals surface area contributed by atoms with E-state index in [-0.39, 0.29) is 26.3 Å². The van der Waals surface area contributed by atoms with Crippen LogP contribution in [0.25, 0.3) is 0 Å². The summed E-state index contributed by atoms with van der Waals surface area (Å²) in [4.78, 5) is 37.4. The molecule has 1 aliphatic rings. The van der Waals surface area contributed by atoms with Crippen LogP contribution in [-0.2, 0) is 19.1 Å². The topological polar surface area (TPSA) is 96.4 Å². The summed E-state index contributed by atoms with van der Waals surface area (Å²) in [5, 5.41) is 9.11. The Morgan fingerprint density at radius 3 is 2.70 bits per heavy atom. The molecule has 1 aliphatic heterocycles. The quantitative estimate of drug-likeness (QED) is 0.702. The average molecular weight is 288 g/mol. The van der Waals surface area contributed by atoms with Gasteiger partial charge in [-0.05, 0) is 6.42 Å². The Morgan fingerprint density at radius 1 is 1.45 bits per heavy atom. The fourth-order valence-corrected chi connectivity index (χ4v) is 1.95. The van der Waals surface area contributed by atoms with E-state index in [1.54, 1.807) is 0 Å². The number of nitrogens with zero attached hydrogens (tertiary/aromatic N) is 2. The molecular weight excluding hydrogens is 268 g/mol. The second kappa shape index (κ2) is 7.68. The second-order valence-corrected chi connectivity index (χ2v) is 4.40. The molecule has 2 amide bonds. The summed E-state index contributed by atoms with van der Waals surface area (Å²) in [6.45, 7) is 2.47. The number of morpholine rings is 1. The number of carboxylic acids is 1.